The zero-order chi connectivity index (χ0) is 12.3. The molecule has 0 bridgehead atoms. The Morgan fingerprint density at radius 2 is 2.12 bits per heavy atom. The van der Waals surface area contributed by atoms with Crippen LogP contribution < -0.4 is 5.73 Å². The van der Waals surface area contributed by atoms with Crippen molar-refractivity contribution in [3.63, 3.8) is 0 Å². The third kappa shape index (κ3) is 2.99. The molecule has 0 radical (unpaired) electrons. The number of hydrogen-bond donors (Lipinski definition) is 1. The van der Waals surface area contributed by atoms with Gasteiger partial charge in [0, 0.05) is 6.42 Å². The summed E-state index contributed by atoms with van der Waals surface area (Å²) in [5.41, 5.74) is 5.48. The third-order valence-electron chi connectivity index (χ3n) is 2.03. The molecule has 1 rings (SSSR count). The Bertz CT molecular complexity index is 412. The first-order valence-corrected chi connectivity index (χ1v) is 5.21. The summed E-state index contributed by atoms with van der Waals surface area (Å²) in [6.45, 7) is 0. The van der Waals surface area contributed by atoms with E-state index >= 15 is 0 Å². The second-order valence-electron chi connectivity index (χ2n) is 3.19. The molecule has 16 heavy (non-hydrogen) atoms. The molecular formula is C10H10BrF2NO2. The predicted molar refractivity (Wildman–Crippen MR) is 57.8 cm³/mol. The molecule has 0 aliphatic rings. The van der Waals surface area contributed by atoms with E-state index in [1.807, 2.05) is 0 Å². The summed E-state index contributed by atoms with van der Waals surface area (Å²) in [5.74, 6) is -1.89. The highest BCUT2D eigenvalue weighted by Crippen LogP contribution is 2.20. The Morgan fingerprint density at radius 1 is 1.50 bits per heavy atom. The molecule has 0 fully saturated rings. The van der Waals surface area contributed by atoms with Crippen molar-refractivity contribution in [2.45, 2.75) is 12.5 Å². The number of halogens is 3. The highest BCUT2D eigenvalue weighted by Gasteiger charge is 2.17. The summed E-state index contributed by atoms with van der Waals surface area (Å²) >= 11 is 2.85. The van der Waals surface area contributed by atoms with Crippen molar-refractivity contribution in [1.82, 2.24) is 0 Å². The maximum absolute atomic E-state index is 13.4. The fourth-order valence-corrected chi connectivity index (χ4v) is 1.51. The first kappa shape index (κ1) is 13.1. The molecule has 0 spiro atoms. The molecule has 88 valence electrons. The van der Waals surface area contributed by atoms with Gasteiger partial charge in [-0.25, -0.2) is 8.78 Å². The Hall–Kier alpha value is -1.01. The monoisotopic (exact) mass is 293 g/mol. The van der Waals surface area contributed by atoms with Gasteiger partial charge in [-0.05, 0) is 33.6 Å². The standard InChI is InChI=1S/C10H10BrF2NO2/c1-16-10(15)9(14)3-5-2-8(13)6(11)4-7(5)12/h2,4,9H,3,14H2,1H3/t9-/m0/s1. The molecule has 2 N–H and O–H groups in total. The number of carbonyl (C=O) groups is 1. The summed E-state index contributed by atoms with van der Waals surface area (Å²) in [6, 6.07) is 0.997. The number of nitrogens with two attached hydrogens (primary N) is 1. The Kier molecular flexibility index (Phi) is 4.37. The molecule has 0 aliphatic carbocycles. The summed E-state index contributed by atoms with van der Waals surface area (Å²) in [4.78, 5) is 11.0. The van der Waals surface area contributed by atoms with E-state index in [0.29, 0.717) is 0 Å². The van der Waals surface area contributed by atoms with Gasteiger partial charge in [-0.15, -0.1) is 0 Å². The molecule has 6 heteroatoms. The summed E-state index contributed by atoms with van der Waals surface area (Å²) < 4.78 is 30.9. The second kappa shape index (κ2) is 5.36. The molecule has 0 amide bonds. The summed E-state index contributed by atoms with van der Waals surface area (Å²) in [7, 11) is 1.18. The SMILES string of the molecule is COC(=O)[C@@H](N)Cc1cc(F)c(Br)cc1F. The van der Waals surface area contributed by atoms with Gasteiger partial charge in [0.25, 0.3) is 0 Å². The summed E-state index contributed by atoms with van der Waals surface area (Å²) in [5, 5.41) is 0. The molecule has 1 aromatic rings. The van der Waals surface area contributed by atoms with Crippen molar-refractivity contribution < 1.29 is 18.3 Å². The number of ether oxygens (including phenoxy) is 1. The van der Waals surface area contributed by atoms with Crippen LogP contribution in [-0.4, -0.2) is 19.1 Å². The van der Waals surface area contributed by atoms with Crippen LogP contribution in [0, 0.1) is 11.6 Å². The number of methoxy groups -OCH3 is 1. The molecule has 3 nitrogen and oxygen atoms in total. The number of esters is 1. The molecule has 0 aromatic heterocycles. The fourth-order valence-electron chi connectivity index (χ4n) is 1.19. The van der Waals surface area contributed by atoms with Crippen molar-refractivity contribution >= 4 is 21.9 Å². The second-order valence-corrected chi connectivity index (χ2v) is 4.05. The van der Waals surface area contributed by atoms with Crippen LogP contribution in [0.5, 0.6) is 0 Å². The van der Waals surface area contributed by atoms with Gasteiger partial charge in [0.2, 0.25) is 0 Å². The molecule has 0 unspecified atom stereocenters. The average Bonchev–Trinajstić information content (AvgIpc) is 2.24. The van der Waals surface area contributed by atoms with Crippen LogP contribution in [0.15, 0.2) is 16.6 Å². The van der Waals surface area contributed by atoms with Crippen LogP contribution >= 0.6 is 15.9 Å². The lowest BCUT2D eigenvalue weighted by molar-refractivity contribution is -0.142. The van der Waals surface area contributed by atoms with E-state index in [4.69, 9.17) is 5.73 Å². The minimum absolute atomic E-state index is 0.0281. The Morgan fingerprint density at radius 3 is 2.69 bits per heavy atom. The largest absolute Gasteiger partial charge is 0.468 e. The predicted octanol–water partition coefficient (Wildman–Crippen LogP) is 1.77. The van der Waals surface area contributed by atoms with Crippen molar-refractivity contribution in [3.05, 3.63) is 33.8 Å². The van der Waals surface area contributed by atoms with Crippen LogP contribution in [0.25, 0.3) is 0 Å². The Labute approximate surface area is 99.7 Å². The smallest absolute Gasteiger partial charge is 0.322 e. The number of rotatable bonds is 3. The van der Waals surface area contributed by atoms with Gasteiger partial charge in [-0.3, -0.25) is 4.79 Å². The van der Waals surface area contributed by atoms with Crippen molar-refractivity contribution in [3.8, 4) is 0 Å². The zero-order valence-electron chi connectivity index (χ0n) is 8.47. The van der Waals surface area contributed by atoms with Crippen molar-refractivity contribution in [1.29, 1.82) is 0 Å². The molecular weight excluding hydrogens is 284 g/mol. The van der Waals surface area contributed by atoms with E-state index < -0.39 is 23.6 Å². The van der Waals surface area contributed by atoms with E-state index in [1.165, 1.54) is 7.11 Å². The number of hydrogen-bond acceptors (Lipinski definition) is 3. The van der Waals surface area contributed by atoms with Crippen LogP contribution in [0.1, 0.15) is 5.56 Å². The van der Waals surface area contributed by atoms with Gasteiger partial charge in [-0.2, -0.15) is 0 Å². The van der Waals surface area contributed by atoms with E-state index in [9.17, 15) is 13.6 Å². The number of benzene rings is 1. The van der Waals surface area contributed by atoms with Gasteiger partial charge < -0.3 is 10.5 Å². The molecule has 0 aliphatic heterocycles. The lowest BCUT2D eigenvalue weighted by atomic mass is 10.1. The van der Waals surface area contributed by atoms with Gasteiger partial charge in [0.1, 0.15) is 17.7 Å². The fraction of sp³-hybridized carbons (Fsp3) is 0.300. The van der Waals surface area contributed by atoms with Gasteiger partial charge in [0.15, 0.2) is 0 Å². The first-order chi connectivity index (χ1) is 7.45. The summed E-state index contributed by atoms with van der Waals surface area (Å²) in [6.07, 6.45) is -0.108. The van der Waals surface area contributed by atoms with E-state index in [1.54, 1.807) is 0 Å². The maximum Gasteiger partial charge on any atom is 0.322 e. The number of carbonyl (C=O) groups excluding carboxylic acids is 1. The highest BCUT2D eigenvalue weighted by molar-refractivity contribution is 9.10. The van der Waals surface area contributed by atoms with Gasteiger partial charge >= 0.3 is 5.97 Å². The molecule has 1 aromatic carbocycles. The van der Waals surface area contributed by atoms with Gasteiger partial charge in [0.05, 0.1) is 11.6 Å². The third-order valence-corrected chi connectivity index (χ3v) is 2.64. The van der Waals surface area contributed by atoms with Gasteiger partial charge in [-0.1, -0.05) is 0 Å². The minimum Gasteiger partial charge on any atom is -0.468 e. The molecule has 0 heterocycles. The van der Waals surface area contributed by atoms with Crippen LogP contribution in [0.2, 0.25) is 0 Å². The maximum atomic E-state index is 13.4. The van der Waals surface area contributed by atoms with Crippen LogP contribution in [0.3, 0.4) is 0 Å². The van der Waals surface area contributed by atoms with E-state index in [2.05, 4.69) is 20.7 Å². The van der Waals surface area contributed by atoms with Crippen molar-refractivity contribution in [2.75, 3.05) is 7.11 Å². The van der Waals surface area contributed by atoms with Crippen LogP contribution in [0.4, 0.5) is 8.78 Å². The quantitative estimate of drug-likeness (QED) is 0.683. The average molecular weight is 294 g/mol. The topological polar surface area (TPSA) is 52.3 Å². The van der Waals surface area contributed by atoms with E-state index in [-0.39, 0.29) is 16.5 Å². The zero-order valence-corrected chi connectivity index (χ0v) is 10.1. The highest BCUT2D eigenvalue weighted by atomic mass is 79.9. The Balaban J connectivity index is 2.89. The molecule has 0 saturated heterocycles. The lowest BCUT2D eigenvalue weighted by Gasteiger charge is -2.10. The normalized spacial score (nSPS) is 12.3. The minimum atomic E-state index is -1.000. The molecule has 1 atom stereocenters. The molecule has 0 saturated carbocycles. The lowest BCUT2D eigenvalue weighted by Crippen LogP contribution is -2.33. The van der Waals surface area contributed by atoms with Crippen LogP contribution in [-0.2, 0) is 16.0 Å². The van der Waals surface area contributed by atoms with Crippen molar-refractivity contribution in [2.24, 2.45) is 5.73 Å². The first-order valence-electron chi connectivity index (χ1n) is 4.42. The van der Waals surface area contributed by atoms with E-state index in [0.717, 1.165) is 12.1 Å².